The summed E-state index contributed by atoms with van der Waals surface area (Å²) in [6.07, 6.45) is -0.954. The molecule has 52 valence electrons. The topological polar surface area (TPSA) is 83.8 Å². The van der Waals surface area contributed by atoms with E-state index in [2.05, 4.69) is 11.9 Å². The van der Waals surface area contributed by atoms with Gasteiger partial charge in [0.1, 0.15) is 6.10 Å². The van der Waals surface area contributed by atoms with E-state index in [0.29, 0.717) is 0 Å². The molecule has 9 heavy (non-hydrogen) atoms. The van der Waals surface area contributed by atoms with Crippen LogP contribution in [-0.2, 0) is 0 Å². The molecule has 0 aliphatic rings. The molecule has 0 aromatic carbocycles. The maximum absolute atomic E-state index is 8.17. The van der Waals surface area contributed by atoms with Gasteiger partial charge < -0.3 is 20.0 Å². The molecular weight excluding hydrogens is 158 g/mol. The largest absolute Gasteiger partial charge is 1.00 e. The van der Waals surface area contributed by atoms with Gasteiger partial charge >= 0.3 is 29.6 Å². The third-order valence-corrected chi connectivity index (χ3v) is 0.421. The molecule has 4 nitrogen and oxygen atoms in total. The zero-order chi connectivity index (χ0) is 6.99. The van der Waals surface area contributed by atoms with Crippen LogP contribution in [0, 0.1) is 0 Å². The second-order valence-corrected chi connectivity index (χ2v) is 1.02. The van der Waals surface area contributed by atoms with Gasteiger partial charge in [0.25, 0.3) is 0 Å². The van der Waals surface area contributed by atoms with Crippen molar-refractivity contribution < 1.29 is 49.5 Å². The van der Waals surface area contributed by atoms with Crippen molar-refractivity contribution in [3.8, 4) is 0 Å². The number of rotatable bonds is 2. The minimum Gasteiger partial charge on any atom is -0.769 e. The molecule has 3 N–H and O–H groups in total. The fourth-order valence-corrected chi connectivity index (χ4v) is 0.0577. The van der Waals surface area contributed by atoms with Gasteiger partial charge in [-0.1, -0.05) is 0 Å². The summed E-state index contributed by atoms with van der Waals surface area (Å²) >= 11 is 3.39. The molecule has 0 unspecified atom stereocenters. The van der Waals surface area contributed by atoms with Crippen molar-refractivity contribution >= 4 is 11.9 Å². The first kappa shape index (κ1) is 16.6. The van der Waals surface area contributed by atoms with Gasteiger partial charge in [0.05, 0.1) is 13.2 Å². The first-order chi connectivity index (χ1) is 3.81. The molecule has 0 bridgehead atoms. The molecular formula is C3H8ClNaO4. The molecule has 0 spiro atoms. The van der Waals surface area contributed by atoms with Gasteiger partial charge in [0.15, 0.2) is 0 Å². The summed E-state index contributed by atoms with van der Waals surface area (Å²) in [4.78, 5) is 0. The Hall–Kier alpha value is 1.13. The Labute approximate surface area is 80.5 Å². The van der Waals surface area contributed by atoms with E-state index in [1.165, 1.54) is 0 Å². The van der Waals surface area contributed by atoms with Gasteiger partial charge in [-0.15, -0.1) is 0 Å². The zero-order valence-corrected chi connectivity index (χ0v) is 7.88. The monoisotopic (exact) mass is 166 g/mol. The molecule has 0 aliphatic heterocycles. The van der Waals surface area contributed by atoms with Gasteiger partial charge in [-0.2, -0.15) is 0 Å². The maximum Gasteiger partial charge on any atom is 1.00 e. The third-order valence-electron chi connectivity index (χ3n) is 0.421. The Kier molecular flexibility index (Phi) is 29.6. The van der Waals surface area contributed by atoms with Crippen molar-refractivity contribution in [2.24, 2.45) is 0 Å². The van der Waals surface area contributed by atoms with E-state index in [-0.39, 0.29) is 42.8 Å². The van der Waals surface area contributed by atoms with Crippen LogP contribution in [0.4, 0.5) is 0 Å². The Morgan fingerprint density at radius 2 is 1.44 bits per heavy atom. The third kappa shape index (κ3) is 17.6. The summed E-state index contributed by atoms with van der Waals surface area (Å²) in [5.74, 6) is 0. The fourth-order valence-electron chi connectivity index (χ4n) is 0.0577. The molecule has 0 amide bonds. The van der Waals surface area contributed by atoms with Crippen LogP contribution >= 0.6 is 11.9 Å². The van der Waals surface area contributed by atoms with Crippen LogP contribution < -0.4 is 34.2 Å². The van der Waals surface area contributed by atoms with Crippen LogP contribution in [0.25, 0.3) is 0 Å². The van der Waals surface area contributed by atoms with Crippen LogP contribution in [0.15, 0.2) is 0 Å². The van der Waals surface area contributed by atoms with Gasteiger partial charge in [-0.3, -0.25) is 0 Å². The average molecular weight is 167 g/mol. The maximum atomic E-state index is 8.17. The minimum atomic E-state index is -0.954. The Morgan fingerprint density at radius 1 is 1.22 bits per heavy atom. The molecule has 0 radical (unpaired) electrons. The molecule has 0 aromatic heterocycles. The molecule has 0 aromatic rings. The molecule has 0 heterocycles. The Morgan fingerprint density at radius 3 is 1.44 bits per heavy atom. The minimum absolute atomic E-state index is 0. The smallest absolute Gasteiger partial charge is 0.769 e. The second-order valence-electron chi connectivity index (χ2n) is 1.02. The van der Waals surface area contributed by atoms with Crippen LogP contribution in [-0.4, -0.2) is 34.6 Å². The predicted octanol–water partition coefficient (Wildman–Crippen LogP) is -5.16. The van der Waals surface area contributed by atoms with Crippen molar-refractivity contribution in [1.29, 1.82) is 0 Å². The van der Waals surface area contributed by atoms with Gasteiger partial charge in [0, 0.05) is 0 Å². The second kappa shape index (κ2) is 16.1. The molecule has 0 fully saturated rings. The predicted molar refractivity (Wildman–Crippen MR) is 26.0 cm³/mol. The van der Waals surface area contributed by atoms with Gasteiger partial charge in [0.2, 0.25) is 0 Å². The number of hydrogen-bond acceptors (Lipinski definition) is 4. The summed E-state index contributed by atoms with van der Waals surface area (Å²) in [6, 6.07) is 0. The number of hydrogen-bond donors (Lipinski definition) is 3. The Bertz CT molecular complexity index is 35.0. The van der Waals surface area contributed by atoms with Crippen molar-refractivity contribution in [3.63, 3.8) is 0 Å². The van der Waals surface area contributed by atoms with Crippen LogP contribution in [0.1, 0.15) is 0 Å². The van der Waals surface area contributed by atoms with Crippen LogP contribution in [0.5, 0.6) is 0 Å². The van der Waals surface area contributed by atoms with Crippen LogP contribution in [0.2, 0.25) is 0 Å². The van der Waals surface area contributed by atoms with E-state index in [1.807, 2.05) is 0 Å². The summed E-state index contributed by atoms with van der Waals surface area (Å²) < 4.78 is 7.72. The first-order valence-corrected chi connectivity index (χ1v) is 2.17. The molecule has 0 atom stereocenters. The van der Waals surface area contributed by atoms with Crippen molar-refractivity contribution in [2.45, 2.75) is 6.10 Å². The van der Waals surface area contributed by atoms with E-state index in [9.17, 15) is 0 Å². The van der Waals surface area contributed by atoms with Gasteiger partial charge in [-0.05, 0) is 0 Å². The molecule has 0 rings (SSSR count). The molecule has 6 heteroatoms. The number of halogens is 1. The van der Waals surface area contributed by atoms with E-state index in [4.69, 9.17) is 20.0 Å². The first-order valence-electron chi connectivity index (χ1n) is 1.86. The summed E-state index contributed by atoms with van der Waals surface area (Å²) in [7, 11) is 0. The SMILES string of the molecule is OCC(O)CO.[Na+].[O-]Cl. The average Bonchev–Trinajstić information content (AvgIpc) is 1.91. The normalized spacial score (nSPS) is 7.33. The summed E-state index contributed by atoms with van der Waals surface area (Å²) in [5, 5.41) is 24.0. The van der Waals surface area contributed by atoms with E-state index < -0.39 is 6.10 Å². The molecule has 0 aliphatic carbocycles. The standard InChI is InChI=1S/C3H8O3.ClO.Na/c4-1-3(6)2-5;1-2;/h3-6H,1-2H2;;/q;-1;+1. The zero-order valence-electron chi connectivity index (χ0n) is 5.12. The summed E-state index contributed by atoms with van der Waals surface area (Å²) in [6.45, 7) is -0.729. The van der Waals surface area contributed by atoms with Crippen molar-refractivity contribution in [2.75, 3.05) is 13.2 Å². The van der Waals surface area contributed by atoms with Crippen molar-refractivity contribution in [3.05, 3.63) is 0 Å². The fraction of sp³-hybridized carbons (Fsp3) is 1.00. The summed E-state index contributed by atoms with van der Waals surface area (Å²) in [5.41, 5.74) is 0. The van der Waals surface area contributed by atoms with E-state index in [0.717, 1.165) is 0 Å². The number of aliphatic hydroxyl groups excluding tert-OH is 3. The van der Waals surface area contributed by atoms with E-state index in [1.54, 1.807) is 0 Å². The molecule has 0 saturated heterocycles. The van der Waals surface area contributed by atoms with Crippen LogP contribution in [0.3, 0.4) is 0 Å². The van der Waals surface area contributed by atoms with E-state index >= 15 is 0 Å². The van der Waals surface area contributed by atoms with Gasteiger partial charge in [-0.25, -0.2) is 11.9 Å². The molecule has 0 saturated carbocycles. The number of aliphatic hydroxyl groups is 3. The Balaban J connectivity index is -0.000000109. The van der Waals surface area contributed by atoms with Crippen molar-refractivity contribution in [1.82, 2.24) is 0 Å². The quantitative estimate of drug-likeness (QED) is 0.358.